The number of rotatable bonds is 11. The number of unbranched alkanes of at least 4 members (excludes halogenated alkanes) is 5. The molecule has 0 saturated carbocycles. The van der Waals surface area contributed by atoms with Crippen LogP contribution in [0.3, 0.4) is 0 Å². The molecule has 0 aromatic carbocycles. The number of amides is 1. The van der Waals surface area contributed by atoms with E-state index in [1.54, 1.807) is 0 Å². The minimum atomic E-state index is 0.164. The Bertz CT molecular complexity index is 160. The van der Waals surface area contributed by atoms with Gasteiger partial charge in [-0.25, -0.2) is 0 Å². The van der Waals surface area contributed by atoms with Gasteiger partial charge in [-0.15, -0.1) is 0 Å². The largest absolute Gasteiger partial charge is 0.382 e. The SMILES string of the molecule is CCOCCCCCCCCNC(=O)CC. The van der Waals surface area contributed by atoms with Crippen LogP contribution in [0.25, 0.3) is 0 Å². The average Bonchev–Trinajstić information content (AvgIpc) is 2.31. The van der Waals surface area contributed by atoms with Crippen molar-refractivity contribution in [2.75, 3.05) is 19.8 Å². The van der Waals surface area contributed by atoms with Crippen LogP contribution in [-0.4, -0.2) is 25.7 Å². The molecular formula is C13H27NO2. The number of ether oxygens (including phenoxy) is 1. The minimum Gasteiger partial charge on any atom is -0.382 e. The van der Waals surface area contributed by atoms with Crippen LogP contribution < -0.4 is 5.32 Å². The Morgan fingerprint density at radius 1 is 1.00 bits per heavy atom. The van der Waals surface area contributed by atoms with E-state index in [4.69, 9.17) is 4.74 Å². The highest BCUT2D eigenvalue weighted by atomic mass is 16.5. The van der Waals surface area contributed by atoms with Crippen molar-refractivity contribution in [2.24, 2.45) is 0 Å². The summed E-state index contributed by atoms with van der Waals surface area (Å²) in [5, 5.41) is 2.89. The molecule has 0 rings (SSSR count). The van der Waals surface area contributed by atoms with Crippen molar-refractivity contribution >= 4 is 5.91 Å². The molecule has 0 bridgehead atoms. The first-order valence-corrected chi connectivity index (χ1v) is 6.65. The molecule has 0 aromatic rings. The first kappa shape index (κ1) is 15.4. The molecule has 0 fully saturated rings. The van der Waals surface area contributed by atoms with Gasteiger partial charge in [0.15, 0.2) is 0 Å². The number of nitrogens with one attached hydrogen (secondary N) is 1. The Kier molecular flexibility index (Phi) is 12.1. The molecule has 1 N–H and O–H groups in total. The van der Waals surface area contributed by atoms with Crippen LogP contribution in [0.4, 0.5) is 0 Å². The van der Waals surface area contributed by atoms with E-state index >= 15 is 0 Å². The van der Waals surface area contributed by atoms with Crippen molar-refractivity contribution in [3.63, 3.8) is 0 Å². The van der Waals surface area contributed by atoms with Crippen LogP contribution in [0, 0.1) is 0 Å². The van der Waals surface area contributed by atoms with Gasteiger partial charge in [-0.1, -0.05) is 32.6 Å². The summed E-state index contributed by atoms with van der Waals surface area (Å²) in [5.74, 6) is 0.164. The van der Waals surface area contributed by atoms with Gasteiger partial charge in [0.25, 0.3) is 0 Å². The highest BCUT2D eigenvalue weighted by Crippen LogP contribution is 2.04. The summed E-state index contributed by atoms with van der Waals surface area (Å²) in [6.07, 6.45) is 7.93. The maximum atomic E-state index is 10.9. The van der Waals surface area contributed by atoms with Gasteiger partial charge in [0.05, 0.1) is 0 Å². The third-order valence-electron chi connectivity index (χ3n) is 2.56. The normalized spacial score (nSPS) is 10.4. The van der Waals surface area contributed by atoms with E-state index in [2.05, 4.69) is 5.32 Å². The van der Waals surface area contributed by atoms with Gasteiger partial charge in [0.2, 0.25) is 5.91 Å². The Balaban J connectivity index is 2.96. The van der Waals surface area contributed by atoms with Crippen LogP contribution in [-0.2, 0) is 9.53 Å². The van der Waals surface area contributed by atoms with E-state index in [0.29, 0.717) is 6.42 Å². The molecule has 0 spiro atoms. The van der Waals surface area contributed by atoms with Crippen LogP contribution in [0.2, 0.25) is 0 Å². The van der Waals surface area contributed by atoms with Crippen molar-refractivity contribution < 1.29 is 9.53 Å². The summed E-state index contributed by atoms with van der Waals surface area (Å²) in [5.41, 5.74) is 0. The van der Waals surface area contributed by atoms with Crippen LogP contribution in [0.5, 0.6) is 0 Å². The predicted octanol–water partition coefficient (Wildman–Crippen LogP) is 2.89. The molecule has 0 radical (unpaired) electrons. The Labute approximate surface area is 99.9 Å². The lowest BCUT2D eigenvalue weighted by Gasteiger charge is -2.04. The number of carbonyl (C=O) groups excluding carboxylic acids is 1. The van der Waals surface area contributed by atoms with E-state index < -0.39 is 0 Å². The smallest absolute Gasteiger partial charge is 0.219 e. The molecule has 0 aliphatic carbocycles. The lowest BCUT2D eigenvalue weighted by Crippen LogP contribution is -2.23. The van der Waals surface area contributed by atoms with Crippen molar-refractivity contribution in [2.45, 2.75) is 58.8 Å². The molecule has 0 aliphatic rings. The Morgan fingerprint density at radius 2 is 1.62 bits per heavy atom. The number of hydrogen-bond acceptors (Lipinski definition) is 2. The average molecular weight is 229 g/mol. The van der Waals surface area contributed by atoms with Crippen molar-refractivity contribution in [1.82, 2.24) is 5.32 Å². The second-order valence-electron chi connectivity index (χ2n) is 4.02. The minimum absolute atomic E-state index is 0.164. The summed E-state index contributed by atoms with van der Waals surface area (Å²) in [4.78, 5) is 10.9. The molecule has 0 heterocycles. The molecular weight excluding hydrogens is 202 g/mol. The zero-order chi connectivity index (χ0) is 12.1. The molecule has 0 aliphatic heterocycles. The van der Waals surface area contributed by atoms with Gasteiger partial charge in [0.1, 0.15) is 0 Å². The summed E-state index contributed by atoms with van der Waals surface area (Å²) in [7, 11) is 0. The number of hydrogen-bond donors (Lipinski definition) is 1. The maximum absolute atomic E-state index is 10.9. The Hall–Kier alpha value is -0.570. The molecule has 1 amide bonds. The molecule has 3 heteroatoms. The maximum Gasteiger partial charge on any atom is 0.219 e. The standard InChI is InChI=1S/C13H27NO2/c1-3-13(15)14-11-9-7-5-6-8-10-12-16-4-2/h3-12H2,1-2H3,(H,14,15). The molecule has 0 atom stereocenters. The zero-order valence-corrected chi connectivity index (χ0v) is 10.9. The highest BCUT2D eigenvalue weighted by Gasteiger charge is 1.95. The van der Waals surface area contributed by atoms with Crippen LogP contribution in [0.15, 0.2) is 0 Å². The topological polar surface area (TPSA) is 38.3 Å². The van der Waals surface area contributed by atoms with E-state index in [0.717, 1.165) is 26.2 Å². The van der Waals surface area contributed by atoms with E-state index in [1.165, 1.54) is 32.1 Å². The second-order valence-corrected chi connectivity index (χ2v) is 4.02. The fourth-order valence-corrected chi connectivity index (χ4v) is 1.53. The van der Waals surface area contributed by atoms with Crippen molar-refractivity contribution in [3.05, 3.63) is 0 Å². The van der Waals surface area contributed by atoms with Crippen molar-refractivity contribution in [3.8, 4) is 0 Å². The van der Waals surface area contributed by atoms with Gasteiger partial charge in [-0.3, -0.25) is 4.79 Å². The molecule has 96 valence electrons. The molecule has 16 heavy (non-hydrogen) atoms. The fourth-order valence-electron chi connectivity index (χ4n) is 1.53. The fraction of sp³-hybridized carbons (Fsp3) is 0.923. The van der Waals surface area contributed by atoms with Crippen molar-refractivity contribution in [1.29, 1.82) is 0 Å². The third-order valence-corrected chi connectivity index (χ3v) is 2.56. The molecule has 3 nitrogen and oxygen atoms in total. The van der Waals surface area contributed by atoms with Crippen LogP contribution in [0.1, 0.15) is 58.8 Å². The van der Waals surface area contributed by atoms with Gasteiger partial charge in [-0.05, 0) is 19.8 Å². The molecule has 0 aromatic heterocycles. The number of carbonyl (C=O) groups is 1. The predicted molar refractivity (Wildman–Crippen MR) is 67.5 cm³/mol. The lowest BCUT2D eigenvalue weighted by molar-refractivity contribution is -0.120. The zero-order valence-electron chi connectivity index (χ0n) is 10.9. The van der Waals surface area contributed by atoms with E-state index in [9.17, 15) is 4.79 Å². The summed E-state index contributed by atoms with van der Waals surface area (Å²) in [6.45, 7) is 6.49. The Morgan fingerprint density at radius 3 is 2.25 bits per heavy atom. The van der Waals surface area contributed by atoms with Gasteiger partial charge in [0, 0.05) is 26.2 Å². The van der Waals surface area contributed by atoms with Crippen LogP contribution >= 0.6 is 0 Å². The van der Waals surface area contributed by atoms with E-state index in [-0.39, 0.29) is 5.91 Å². The second kappa shape index (κ2) is 12.5. The summed E-state index contributed by atoms with van der Waals surface area (Å²) >= 11 is 0. The van der Waals surface area contributed by atoms with E-state index in [1.807, 2.05) is 13.8 Å². The lowest BCUT2D eigenvalue weighted by atomic mass is 10.1. The third kappa shape index (κ3) is 11.5. The first-order chi connectivity index (χ1) is 7.81. The quantitative estimate of drug-likeness (QED) is 0.553. The van der Waals surface area contributed by atoms with Gasteiger partial charge < -0.3 is 10.1 Å². The monoisotopic (exact) mass is 229 g/mol. The van der Waals surface area contributed by atoms with Gasteiger partial charge in [-0.2, -0.15) is 0 Å². The molecule has 0 saturated heterocycles. The molecule has 0 unspecified atom stereocenters. The summed E-state index contributed by atoms with van der Waals surface area (Å²) in [6, 6.07) is 0. The summed E-state index contributed by atoms with van der Waals surface area (Å²) < 4.78 is 5.27. The highest BCUT2D eigenvalue weighted by molar-refractivity contribution is 5.75. The van der Waals surface area contributed by atoms with Gasteiger partial charge >= 0.3 is 0 Å². The first-order valence-electron chi connectivity index (χ1n) is 6.65.